The first-order valence-corrected chi connectivity index (χ1v) is 18.5. The van der Waals surface area contributed by atoms with E-state index in [9.17, 15) is 32.3 Å². The smallest absolute Gasteiger partial charge is 0.433 e. The molecule has 3 fully saturated rings. The molecule has 55 heavy (non-hydrogen) atoms. The first kappa shape index (κ1) is 36.7. The fourth-order valence-corrected chi connectivity index (χ4v) is 8.67. The summed E-state index contributed by atoms with van der Waals surface area (Å²) in [5, 5.41) is 11.1. The number of rotatable bonds is 8. The van der Waals surface area contributed by atoms with Crippen LogP contribution in [0.2, 0.25) is 5.02 Å². The molecule has 0 bridgehead atoms. The lowest BCUT2D eigenvalue weighted by atomic mass is 9.79. The van der Waals surface area contributed by atoms with Crippen LogP contribution >= 0.6 is 11.6 Å². The number of alkyl halides is 3. The number of pyridine rings is 1. The van der Waals surface area contributed by atoms with Crippen molar-refractivity contribution in [1.29, 1.82) is 0 Å². The molecule has 1 atom stereocenters. The van der Waals surface area contributed by atoms with Crippen molar-refractivity contribution in [1.82, 2.24) is 34.1 Å². The Morgan fingerprint density at radius 1 is 1.07 bits per heavy atom. The highest BCUT2D eigenvalue weighted by Crippen LogP contribution is 2.42. The predicted molar refractivity (Wildman–Crippen MR) is 197 cm³/mol. The van der Waals surface area contributed by atoms with E-state index in [0.717, 1.165) is 73.9 Å². The Morgan fingerprint density at radius 2 is 1.84 bits per heavy atom. The number of benzene rings is 2. The molecule has 0 spiro atoms. The van der Waals surface area contributed by atoms with Crippen LogP contribution in [0.15, 0.2) is 53.5 Å². The van der Waals surface area contributed by atoms with Crippen LogP contribution in [0.5, 0.6) is 5.75 Å². The molecular weight excluding hydrogens is 741 g/mol. The normalized spacial score (nSPS) is 21.2. The van der Waals surface area contributed by atoms with Gasteiger partial charge in [0.25, 0.3) is 5.91 Å². The molecule has 1 aliphatic carbocycles. The summed E-state index contributed by atoms with van der Waals surface area (Å²) in [6, 6.07) is 9.56. The fourth-order valence-electron chi connectivity index (χ4n) is 8.36. The Hall–Kier alpha value is -5.22. The summed E-state index contributed by atoms with van der Waals surface area (Å²) in [6.45, 7) is 2.69. The van der Waals surface area contributed by atoms with Gasteiger partial charge in [0, 0.05) is 42.7 Å². The van der Waals surface area contributed by atoms with Crippen LogP contribution in [0.1, 0.15) is 78.3 Å². The molecule has 3 amide bonds. The molecular formula is C38H38ClF3N8O5. The van der Waals surface area contributed by atoms with Crippen molar-refractivity contribution in [3.63, 3.8) is 0 Å². The van der Waals surface area contributed by atoms with Gasteiger partial charge in [-0.25, -0.2) is 9.78 Å². The number of amides is 3. The number of ether oxygens (including phenoxy) is 1. The Bertz CT molecular complexity index is 2410. The molecule has 2 N–H and O–H groups in total. The molecule has 2 aromatic carbocycles. The van der Waals surface area contributed by atoms with E-state index >= 15 is 0 Å². The van der Waals surface area contributed by atoms with Gasteiger partial charge in [-0.1, -0.05) is 17.7 Å². The number of halogens is 4. The van der Waals surface area contributed by atoms with Crippen molar-refractivity contribution in [2.24, 2.45) is 13.0 Å². The predicted octanol–water partition coefficient (Wildman–Crippen LogP) is 5.83. The number of hydrogen-bond donors (Lipinski definition) is 2. The Balaban J connectivity index is 0.899. The standard InChI is InChI=1S/C38H38ClF3N8O5/c1-47-34-28(50(37(47)54)29-8-9-32(51)45-36(29)53)7-6-24(39)33(34)21-10-12-48(13-11-21)18-20-14-23(15-20)49-19-22-16-27(30(55-2)17-26(22)46-49)44-35(52)25-4-3-5-31(43-25)38(40,41)42/h3-7,16-17,19-21,23,29H,8-15,18H2,1-2H3,(H,44,52)(H,45,51,53)/t20?,23?,29-/m0/s1. The number of fused-ring (bicyclic) bond motifs is 2. The molecule has 288 valence electrons. The van der Waals surface area contributed by atoms with E-state index in [1.807, 2.05) is 10.9 Å². The minimum atomic E-state index is -4.68. The first-order valence-electron chi connectivity index (χ1n) is 18.2. The van der Waals surface area contributed by atoms with Crippen molar-refractivity contribution in [2.45, 2.75) is 62.7 Å². The molecule has 5 heterocycles. The summed E-state index contributed by atoms with van der Waals surface area (Å²) in [6.07, 6.45) is 1.28. The number of nitrogens with zero attached hydrogens (tertiary/aromatic N) is 6. The Kier molecular flexibility index (Phi) is 9.44. The zero-order valence-electron chi connectivity index (χ0n) is 30.0. The van der Waals surface area contributed by atoms with Crippen molar-refractivity contribution >= 4 is 56.9 Å². The summed E-state index contributed by atoms with van der Waals surface area (Å²) >= 11 is 6.82. The Morgan fingerprint density at radius 3 is 2.55 bits per heavy atom. The summed E-state index contributed by atoms with van der Waals surface area (Å²) < 4.78 is 49.9. The fraction of sp³-hybridized carbons (Fsp3) is 0.421. The molecule has 0 radical (unpaired) electrons. The number of nitrogens with one attached hydrogen (secondary N) is 2. The lowest BCUT2D eigenvalue weighted by Gasteiger charge is -2.41. The SMILES string of the molecule is COc1cc2nn(C3CC(CN4CCC(c5c(Cl)ccc6c5n(C)c(=O)n6[C@H]5CCC(=O)NC5=O)CC4)C3)cc2cc1NC(=O)c1cccc(C(F)(F)F)n1. The minimum Gasteiger partial charge on any atom is -0.494 e. The molecule has 0 unspecified atom stereocenters. The highest BCUT2D eigenvalue weighted by atomic mass is 35.5. The van der Waals surface area contributed by atoms with E-state index in [1.165, 1.54) is 17.7 Å². The molecule has 1 saturated carbocycles. The van der Waals surface area contributed by atoms with Crippen molar-refractivity contribution < 1.29 is 32.3 Å². The average molecular weight is 779 g/mol. The van der Waals surface area contributed by atoms with Crippen molar-refractivity contribution in [2.75, 3.05) is 32.1 Å². The van der Waals surface area contributed by atoms with Gasteiger partial charge in [-0.05, 0) is 92.9 Å². The minimum absolute atomic E-state index is 0.134. The average Bonchev–Trinajstić information content (AvgIpc) is 3.66. The molecule has 2 saturated heterocycles. The van der Waals surface area contributed by atoms with Gasteiger partial charge in [-0.3, -0.25) is 33.5 Å². The van der Waals surface area contributed by atoms with Crippen LogP contribution in [0.4, 0.5) is 18.9 Å². The van der Waals surface area contributed by atoms with Gasteiger partial charge in [-0.15, -0.1) is 0 Å². The first-order chi connectivity index (χ1) is 26.3. The number of carbonyl (C=O) groups excluding carboxylic acids is 3. The van der Waals surface area contributed by atoms with Gasteiger partial charge >= 0.3 is 11.9 Å². The third-order valence-corrected chi connectivity index (χ3v) is 11.5. The van der Waals surface area contributed by atoms with Crippen LogP contribution in [-0.4, -0.2) is 73.3 Å². The number of likely N-dealkylation sites (tertiary alicyclic amines) is 1. The van der Waals surface area contributed by atoms with Gasteiger partial charge < -0.3 is 15.0 Å². The lowest BCUT2D eigenvalue weighted by Crippen LogP contribution is -2.44. The monoisotopic (exact) mass is 778 g/mol. The number of piperidine rings is 2. The molecule has 8 rings (SSSR count). The largest absolute Gasteiger partial charge is 0.494 e. The Labute approximate surface area is 317 Å². The highest BCUT2D eigenvalue weighted by molar-refractivity contribution is 6.32. The maximum atomic E-state index is 13.5. The highest BCUT2D eigenvalue weighted by Gasteiger charge is 2.36. The summed E-state index contributed by atoms with van der Waals surface area (Å²) in [7, 11) is 3.14. The van der Waals surface area contributed by atoms with Gasteiger partial charge in [0.1, 0.15) is 23.2 Å². The molecule has 3 aliphatic rings. The number of anilines is 1. The summed E-state index contributed by atoms with van der Waals surface area (Å²) in [5.41, 5.74) is 1.42. The van der Waals surface area contributed by atoms with Crippen LogP contribution in [0, 0.1) is 5.92 Å². The zero-order valence-corrected chi connectivity index (χ0v) is 30.8. The van der Waals surface area contributed by atoms with Crippen LogP contribution in [0.3, 0.4) is 0 Å². The number of aromatic nitrogens is 5. The number of imide groups is 1. The quantitative estimate of drug-likeness (QED) is 0.188. The number of hydrogen-bond acceptors (Lipinski definition) is 8. The number of methoxy groups -OCH3 is 1. The molecule has 17 heteroatoms. The van der Waals surface area contributed by atoms with Gasteiger partial charge in [0.2, 0.25) is 11.8 Å². The number of aryl methyl sites for hydroxylation is 1. The maximum Gasteiger partial charge on any atom is 0.433 e. The van der Waals surface area contributed by atoms with Gasteiger partial charge in [0.05, 0.1) is 35.4 Å². The summed E-state index contributed by atoms with van der Waals surface area (Å²) in [5.74, 6) is -0.667. The van der Waals surface area contributed by atoms with Gasteiger partial charge in [0.15, 0.2) is 0 Å². The van der Waals surface area contributed by atoms with Crippen molar-refractivity contribution in [3.05, 3.63) is 81.1 Å². The van der Waals surface area contributed by atoms with E-state index in [2.05, 4.69) is 20.5 Å². The molecule has 2 aliphatic heterocycles. The van der Waals surface area contributed by atoms with E-state index < -0.39 is 29.7 Å². The van der Waals surface area contributed by atoms with E-state index in [-0.39, 0.29) is 42.1 Å². The van der Waals surface area contributed by atoms with Crippen LogP contribution in [-0.2, 0) is 22.8 Å². The second-order valence-electron chi connectivity index (χ2n) is 14.7. The third kappa shape index (κ3) is 6.86. The zero-order chi connectivity index (χ0) is 38.8. The van der Waals surface area contributed by atoms with Crippen LogP contribution in [0.25, 0.3) is 21.9 Å². The number of imidazole rings is 1. The summed E-state index contributed by atoms with van der Waals surface area (Å²) in [4.78, 5) is 56.8. The van der Waals surface area contributed by atoms with Gasteiger partial charge in [-0.2, -0.15) is 18.3 Å². The van der Waals surface area contributed by atoms with E-state index in [1.54, 1.807) is 35.9 Å². The molecule has 5 aromatic rings. The molecule has 13 nitrogen and oxygen atoms in total. The lowest BCUT2D eigenvalue weighted by molar-refractivity contribution is -0.141. The second-order valence-corrected chi connectivity index (χ2v) is 15.1. The van der Waals surface area contributed by atoms with Crippen LogP contribution < -0.4 is 21.1 Å². The molecule has 3 aromatic heterocycles. The van der Waals surface area contributed by atoms with Crippen molar-refractivity contribution in [3.8, 4) is 5.75 Å². The third-order valence-electron chi connectivity index (χ3n) is 11.2. The van der Waals surface area contributed by atoms with E-state index in [0.29, 0.717) is 33.4 Å². The second kappa shape index (κ2) is 14.1. The van der Waals surface area contributed by atoms with E-state index in [4.69, 9.17) is 21.4 Å². The topological polar surface area (TPSA) is 145 Å². The number of carbonyl (C=O) groups is 3. The maximum absolute atomic E-state index is 13.5.